The zero-order valence-corrected chi connectivity index (χ0v) is 14.7. The van der Waals surface area contributed by atoms with E-state index in [1.54, 1.807) is 0 Å². The SMILES string of the molecule is CCOc1ccccc1OCC1CN(Cc2ccc(N)cc2)CCO1. The summed E-state index contributed by atoms with van der Waals surface area (Å²) in [6, 6.07) is 15.8. The highest BCUT2D eigenvalue weighted by Gasteiger charge is 2.21. The number of anilines is 1. The van der Waals surface area contributed by atoms with Crippen LogP contribution in [0.5, 0.6) is 11.5 Å². The van der Waals surface area contributed by atoms with Crippen molar-refractivity contribution in [3.05, 3.63) is 54.1 Å². The number of rotatable bonds is 7. The second-order valence-electron chi connectivity index (χ2n) is 6.16. The first-order valence-corrected chi connectivity index (χ1v) is 8.77. The lowest BCUT2D eigenvalue weighted by atomic mass is 10.2. The lowest BCUT2D eigenvalue weighted by Gasteiger charge is -2.32. The van der Waals surface area contributed by atoms with E-state index in [9.17, 15) is 0 Å². The van der Waals surface area contributed by atoms with E-state index in [4.69, 9.17) is 19.9 Å². The van der Waals surface area contributed by atoms with Crippen LogP contribution in [0.15, 0.2) is 48.5 Å². The van der Waals surface area contributed by atoms with E-state index in [1.165, 1.54) is 5.56 Å². The number of nitrogens with two attached hydrogens (primary N) is 1. The van der Waals surface area contributed by atoms with Gasteiger partial charge >= 0.3 is 0 Å². The molecule has 0 aromatic heterocycles. The number of hydrogen-bond donors (Lipinski definition) is 1. The van der Waals surface area contributed by atoms with Crippen molar-refractivity contribution in [2.75, 3.05) is 38.6 Å². The molecule has 2 aromatic rings. The predicted octanol–water partition coefficient (Wildman–Crippen LogP) is 2.95. The van der Waals surface area contributed by atoms with Gasteiger partial charge in [-0.25, -0.2) is 0 Å². The van der Waals surface area contributed by atoms with Crippen molar-refractivity contribution in [3.63, 3.8) is 0 Å². The molecule has 1 atom stereocenters. The van der Waals surface area contributed by atoms with Crippen LogP contribution >= 0.6 is 0 Å². The Morgan fingerprint density at radius 3 is 2.52 bits per heavy atom. The van der Waals surface area contributed by atoms with Gasteiger partial charge in [0.2, 0.25) is 0 Å². The molecule has 0 aliphatic carbocycles. The molecular formula is C20H26N2O3. The molecule has 1 aliphatic heterocycles. The summed E-state index contributed by atoms with van der Waals surface area (Å²) in [7, 11) is 0. The molecule has 134 valence electrons. The quantitative estimate of drug-likeness (QED) is 0.784. The van der Waals surface area contributed by atoms with Gasteiger partial charge in [0.25, 0.3) is 0 Å². The van der Waals surface area contributed by atoms with Gasteiger partial charge in [-0.05, 0) is 36.8 Å². The van der Waals surface area contributed by atoms with Crippen LogP contribution < -0.4 is 15.2 Å². The van der Waals surface area contributed by atoms with E-state index in [-0.39, 0.29) is 6.10 Å². The summed E-state index contributed by atoms with van der Waals surface area (Å²) >= 11 is 0. The molecule has 2 aromatic carbocycles. The smallest absolute Gasteiger partial charge is 0.161 e. The first-order chi connectivity index (χ1) is 12.2. The second kappa shape index (κ2) is 8.74. The monoisotopic (exact) mass is 342 g/mol. The van der Waals surface area contributed by atoms with Crippen LogP contribution in [-0.4, -0.2) is 43.9 Å². The molecule has 1 saturated heterocycles. The van der Waals surface area contributed by atoms with Crippen LogP contribution in [-0.2, 0) is 11.3 Å². The maximum absolute atomic E-state index is 5.95. The van der Waals surface area contributed by atoms with Gasteiger partial charge in [-0.15, -0.1) is 0 Å². The summed E-state index contributed by atoms with van der Waals surface area (Å²) in [5, 5.41) is 0. The Balaban J connectivity index is 1.52. The lowest BCUT2D eigenvalue weighted by molar-refractivity contribution is -0.0507. The molecular weight excluding hydrogens is 316 g/mol. The van der Waals surface area contributed by atoms with Gasteiger partial charge in [-0.2, -0.15) is 0 Å². The normalized spacial score (nSPS) is 18.0. The first-order valence-electron chi connectivity index (χ1n) is 8.77. The third-order valence-corrected chi connectivity index (χ3v) is 4.18. The van der Waals surface area contributed by atoms with Crippen molar-refractivity contribution in [2.45, 2.75) is 19.6 Å². The van der Waals surface area contributed by atoms with Crippen LogP contribution in [0, 0.1) is 0 Å². The first kappa shape index (κ1) is 17.6. The van der Waals surface area contributed by atoms with E-state index < -0.39 is 0 Å². The fourth-order valence-corrected chi connectivity index (χ4v) is 2.93. The van der Waals surface area contributed by atoms with Gasteiger partial charge in [0, 0.05) is 25.3 Å². The third-order valence-electron chi connectivity index (χ3n) is 4.18. The average molecular weight is 342 g/mol. The largest absolute Gasteiger partial charge is 0.490 e. The lowest BCUT2D eigenvalue weighted by Crippen LogP contribution is -2.44. The fourth-order valence-electron chi connectivity index (χ4n) is 2.93. The van der Waals surface area contributed by atoms with Crippen LogP contribution in [0.2, 0.25) is 0 Å². The van der Waals surface area contributed by atoms with Gasteiger partial charge in [-0.3, -0.25) is 4.90 Å². The molecule has 0 amide bonds. The Bertz CT molecular complexity index is 660. The molecule has 1 unspecified atom stereocenters. The van der Waals surface area contributed by atoms with Crippen LogP contribution in [0.25, 0.3) is 0 Å². The number of nitrogen functional groups attached to an aromatic ring is 1. The Kier molecular flexibility index (Phi) is 6.14. The van der Waals surface area contributed by atoms with Crippen molar-refractivity contribution in [3.8, 4) is 11.5 Å². The van der Waals surface area contributed by atoms with E-state index >= 15 is 0 Å². The number of ether oxygens (including phenoxy) is 3. The van der Waals surface area contributed by atoms with Gasteiger partial charge in [-0.1, -0.05) is 24.3 Å². The standard InChI is InChI=1S/C20H26N2O3/c1-2-23-19-5-3-4-6-20(19)25-15-18-14-22(11-12-24-18)13-16-7-9-17(21)10-8-16/h3-10,18H,2,11-15,21H2,1H3. The number of morpholine rings is 1. The number of para-hydroxylation sites is 2. The van der Waals surface area contributed by atoms with Crippen molar-refractivity contribution < 1.29 is 14.2 Å². The topological polar surface area (TPSA) is 57.0 Å². The van der Waals surface area contributed by atoms with E-state index in [0.29, 0.717) is 13.2 Å². The Hall–Kier alpha value is -2.24. The van der Waals surface area contributed by atoms with Crippen LogP contribution in [0.1, 0.15) is 12.5 Å². The molecule has 1 fully saturated rings. The number of benzene rings is 2. The second-order valence-corrected chi connectivity index (χ2v) is 6.16. The summed E-state index contributed by atoms with van der Waals surface area (Å²) in [4.78, 5) is 2.39. The zero-order chi connectivity index (χ0) is 17.5. The van der Waals surface area contributed by atoms with Crippen molar-refractivity contribution in [1.29, 1.82) is 0 Å². The molecule has 0 spiro atoms. The van der Waals surface area contributed by atoms with Crippen molar-refractivity contribution in [2.24, 2.45) is 0 Å². The molecule has 2 N–H and O–H groups in total. The van der Waals surface area contributed by atoms with E-state index in [0.717, 1.165) is 43.4 Å². The molecule has 5 heteroatoms. The van der Waals surface area contributed by atoms with E-state index in [2.05, 4.69) is 17.0 Å². The minimum absolute atomic E-state index is 0.0530. The fraction of sp³-hybridized carbons (Fsp3) is 0.400. The Labute approximate surface area is 149 Å². The van der Waals surface area contributed by atoms with Gasteiger partial charge < -0.3 is 19.9 Å². The number of nitrogens with zero attached hydrogens (tertiary/aromatic N) is 1. The highest BCUT2D eigenvalue weighted by Crippen LogP contribution is 2.26. The summed E-state index contributed by atoms with van der Waals surface area (Å²) in [6.45, 7) is 6.50. The highest BCUT2D eigenvalue weighted by atomic mass is 16.5. The maximum Gasteiger partial charge on any atom is 0.161 e. The van der Waals surface area contributed by atoms with Gasteiger partial charge in [0.15, 0.2) is 11.5 Å². The Morgan fingerprint density at radius 2 is 1.80 bits per heavy atom. The molecule has 1 heterocycles. The minimum Gasteiger partial charge on any atom is -0.490 e. The third kappa shape index (κ3) is 5.11. The van der Waals surface area contributed by atoms with Gasteiger partial charge in [0.05, 0.1) is 13.2 Å². The molecule has 1 aliphatic rings. The summed E-state index contributed by atoms with van der Waals surface area (Å²) < 4.78 is 17.4. The Morgan fingerprint density at radius 1 is 1.08 bits per heavy atom. The summed E-state index contributed by atoms with van der Waals surface area (Å²) in [5.74, 6) is 1.54. The van der Waals surface area contributed by atoms with Crippen molar-refractivity contribution in [1.82, 2.24) is 4.90 Å². The summed E-state index contributed by atoms with van der Waals surface area (Å²) in [6.07, 6.45) is 0.0530. The van der Waals surface area contributed by atoms with E-state index in [1.807, 2.05) is 43.3 Å². The number of hydrogen-bond acceptors (Lipinski definition) is 5. The molecule has 0 bridgehead atoms. The van der Waals surface area contributed by atoms with Crippen LogP contribution in [0.4, 0.5) is 5.69 Å². The molecule has 3 rings (SSSR count). The highest BCUT2D eigenvalue weighted by molar-refractivity contribution is 5.40. The van der Waals surface area contributed by atoms with Crippen molar-refractivity contribution >= 4 is 5.69 Å². The predicted molar refractivity (Wildman–Crippen MR) is 99.0 cm³/mol. The molecule has 5 nitrogen and oxygen atoms in total. The molecule has 0 saturated carbocycles. The maximum atomic E-state index is 5.95. The average Bonchev–Trinajstić information content (AvgIpc) is 2.64. The summed E-state index contributed by atoms with van der Waals surface area (Å²) in [5.41, 5.74) is 7.81. The van der Waals surface area contributed by atoms with Crippen LogP contribution in [0.3, 0.4) is 0 Å². The zero-order valence-electron chi connectivity index (χ0n) is 14.7. The molecule has 0 radical (unpaired) electrons. The molecule has 25 heavy (non-hydrogen) atoms. The minimum atomic E-state index is 0.0530. The van der Waals surface area contributed by atoms with Gasteiger partial charge in [0.1, 0.15) is 12.7 Å².